The van der Waals surface area contributed by atoms with Crippen LogP contribution < -0.4 is 15.4 Å². The van der Waals surface area contributed by atoms with Gasteiger partial charge in [-0.15, -0.1) is 0 Å². The average Bonchev–Trinajstić information content (AvgIpc) is 2.49. The lowest BCUT2D eigenvalue weighted by Gasteiger charge is -2.22. The molecule has 1 amide bonds. The zero-order valence-corrected chi connectivity index (χ0v) is 12.2. The summed E-state index contributed by atoms with van der Waals surface area (Å²) in [5, 5.41) is 6.37. The Bertz CT molecular complexity index is 411. The van der Waals surface area contributed by atoms with E-state index in [1.165, 1.54) is 32.1 Å². The Kier molecular flexibility index (Phi) is 5.87. The number of ether oxygens (including phenoxy) is 1. The molecule has 1 aromatic rings. The monoisotopic (exact) mass is 276 g/mol. The van der Waals surface area contributed by atoms with Crippen molar-refractivity contribution in [1.29, 1.82) is 0 Å². The molecule has 0 saturated heterocycles. The van der Waals surface area contributed by atoms with Gasteiger partial charge in [0.2, 0.25) is 5.91 Å². The predicted octanol–water partition coefficient (Wildman–Crippen LogP) is 2.95. The Morgan fingerprint density at radius 2 is 1.90 bits per heavy atom. The molecule has 1 aromatic carbocycles. The highest BCUT2D eigenvalue weighted by Crippen LogP contribution is 2.17. The van der Waals surface area contributed by atoms with Gasteiger partial charge in [-0.2, -0.15) is 0 Å². The number of hydrogen-bond donors (Lipinski definition) is 2. The fourth-order valence-electron chi connectivity index (χ4n) is 2.59. The third-order valence-corrected chi connectivity index (χ3v) is 3.76. The zero-order chi connectivity index (χ0) is 14.2. The van der Waals surface area contributed by atoms with Crippen molar-refractivity contribution in [3.05, 3.63) is 24.3 Å². The van der Waals surface area contributed by atoms with Crippen LogP contribution in [0, 0.1) is 0 Å². The van der Waals surface area contributed by atoms with Crippen molar-refractivity contribution in [2.24, 2.45) is 0 Å². The van der Waals surface area contributed by atoms with Gasteiger partial charge in [-0.3, -0.25) is 4.79 Å². The van der Waals surface area contributed by atoms with E-state index >= 15 is 0 Å². The van der Waals surface area contributed by atoms with Crippen molar-refractivity contribution in [3.8, 4) is 5.75 Å². The summed E-state index contributed by atoms with van der Waals surface area (Å²) >= 11 is 0. The van der Waals surface area contributed by atoms with Gasteiger partial charge in [-0.05, 0) is 37.1 Å². The molecule has 0 radical (unpaired) electrons. The van der Waals surface area contributed by atoms with Crippen LogP contribution in [0.25, 0.3) is 0 Å². The zero-order valence-electron chi connectivity index (χ0n) is 12.2. The lowest BCUT2D eigenvalue weighted by Crippen LogP contribution is -2.33. The van der Waals surface area contributed by atoms with Crippen LogP contribution in [0.4, 0.5) is 5.69 Å². The molecule has 0 spiro atoms. The molecule has 2 rings (SSSR count). The molecular formula is C16H24N2O2. The van der Waals surface area contributed by atoms with Crippen molar-refractivity contribution in [2.75, 3.05) is 19.0 Å². The molecule has 0 unspecified atom stereocenters. The van der Waals surface area contributed by atoms with Gasteiger partial charge in [0, 0.05) is 24.7 Å². The summed E-state index contributed by atoms with van der Waals surface area (Å²) in [7, 11) is 1.63. The van der Waals surface area contributed by atoms with Gasteiger partial charge in [0.25, 0.3) is 0 Å². The van der Waals surface area contributed by atoms with Crippen LogP contribution in [-0.4, -0.2) is 25.6 Å². The van der Waals surface area contributed by atoms with E-state index in [2.05, 4.69) is 10.6 Å². The molecule has 0 aromatic heterocycles. The van der Waals surface area contributed by atoms with Crippen LogP contribution in [0.5, 0.6) is 5.75 Å². The average molecular weight is 276 g/mol. The smallest absolute Gasteiger partial charge is 0.225 e. The quantitative estimate of drug-likeness (QED) is 0.840. The Hall–Kier alpha value is -1.55. The van der Waals surface area contributed by atoms with Crippen LogP contribution in [0.1, 0.15) is 38.5 Å². The molecule has 1 aliphatic carbocycles. The molecule has 0 aliphatic heterocycles. The van der Waals surface area contributed by atoms with Gasteiger partial charge in [-0.25, -0.2) is 0 Å². The third kappa shape index (κ3) is 4.85. The molecule has 20 heavy (non-hydrogen) atoms. The number of carbonyl (C=O) groups is 1. The van der Waals surface area contributed by atoms with E-state index in [4.69, 9.17) is 4.74 Å². The molecule has 1 fully saturated rings. The minimum Gasteiger partial charge on any atom is -0.497 e. The number of rotatable bonds is 6. The minimum absolute atomic E-state index is 0.0541. The SMILES string of the molecule is COc1ccc(NC(=O)CCNC2CCCCC2)cc1. The van der Waals surface area contributed by atoms with Gasteiger partial charge >= 0.3 is 0 Å². The summed E-state index contributed by atoms with van der Waals surface area (Å²) in [6.45, 7) is 0.757. The number of amides is 1. The maximum Gasteiger partial charge on any atom is 0.225 e. The standard InChI is InChI=1S/C16H24N2O2/c1-20-15-9-7-14(8-10-15)18-16(19)11-12-17-13-5-3-2-4-6-13/h7-10,13,17H,2-6,11-12H2,1H3,(H,18,19). The van der Waals surface area contributed by atoms with Crippen LogP contribution in [0.2, 0.25) is 0 Å². The number of nitrogens with one attached hydrogen (secondary N) is 2. The lowest BCUT2D eigenvalue weighted by atomic mass is 9.95. The number of methoxy groups -OCH3 is 1. The van der Waals surface area contributed by atoms with Crippen molar-refractivity contribution in [3.63, 3.8) is 0 Å². The molecule has 1 saturated carbocycles. The Labute approximate surface area is 120 Å². The maximum absolute atomic E-state index is 11.8. The van der Waals surface area contributed by atoms with E-state index < -0.39 is 0 Å². The maximum atomic E-state index is 11.8. The number of anilines is 1. The molecule has 0 bridgehead atoms. The van der Waals surface area contributed by atoms with Crippen molar-refractivity contribution >= 4 is 11.6 Å². The second-order valence-corrected chi connectivity index (χ2v) is 5.32. The van der Waals surface area contributed by atoms with Crippen molar-refractivity contribution < 1.29 is 9.53 Å². The van der Waals surface area contributed by atoms with Crippen LogP contribution in [-0.2, 0) is 4.79 Å². The Morgan fingerprint density at radius 1 is 1.20 bits per heavy atom. The molecule has 2 N–H and O–H groups in total. The van der Waals surface area contributed by atoms with Crippen LogP contribution in [0.3, 0.4) is 0 Å². The highest BCUT2D eigenvalue weighted by atomic mass is 16.5. The molecule has 1 aliphatic rings. The Morgan fingerprint density at radius 3 is 2.55 bits per heavy atom. The lowest BCUT2D eigenvalue weighted by molar-refractivity contribution is -0.116. The van der Waals surface area contributed by atoms with E-state index in [-0.39, 0.29) is 5.91 Å². The van der Waals surface area contributed by atoms with Gasteiger partial charge < -0.3 is 15.4 Å². The first-order valence-corrected chi connectivity index (χ1v) is 7.45. The largest absolute Gasteiger partial charge is 0.497 e. The summed E-state index contributed by atoms with van der Waals surface area (Å²) in [5.41, 5.74) is 0.813. The fraction of sp³-hybridized carbons (Fsp3) is 0.562. The summed E-state index contributed by atoms with van der Waals surface area (Å²) < 4.78 is 5.08. The molecule has 110 valence electrons. The van der Waals surface area contributed by atoms with E-state index in [0.717, 1.165) is 18.0 Å². The highest BCUT2D eigenvalue weighted by molar-refractivity contribution is 5.90. The molecule has 0 heterocycles. The Balaban J connectivity index is 1.66. The molecular weight excluding hydrogens is 252 g/mol. The number of benzene rings is 1. The topological polar surface area (TPSA) is 50.4 Å². The first-order valence-electron chi connectivity index (χ1n) is 7.45. The summed E-state index contributed by atoms with van der Waals surface area (Å²) in [6, 6.07) is 8.00. The minimum atomic E-state index is 0.0541. The van der Waals surface area contributed by atoms with E-state index in [1.54, 1.807) is 7.11 Å². The summed E-state index contributed by atoms with van der Waals surface area (Å²) in [5.74, 6) is 0.848. The summed E-state index contributed by atoms with van der Waals surface area (Å²) in [4.78, 5) is 11.8. The summed E-state index contributed by atoms with van der Waals surface area (Å²) in [6.07, 6.45) is 7.00. The normalized spacial score (nSPS) is 15.8. The van der Waals surface area contributed by atoms with Crippen LogP contribution in [0.15, 0.2) is 24.3 Å². The number of carbonyl (C=O) groups excluding carboxylic acids is 1. The second kappa shape index (κ2) is 7.90. The molecule has 0 atom stereocenters. The number of hydrogen-bond acceptors (Lipinski definition) is 3. The first kappa shape index (κ1) is 14.9. The van der Waals surface area contributed by atoms with Gasteiger partial charge in [-0.1, -0.05) is 19.3 Å². The van der Waals surface area contributed by atoms with Gasteiger partial charge in [0.05, 0.1) is 7.11 Å². The second-order valence-electron chi connectivity index (χ2n) is 5.32. The van der Waals surface area contributed by atoms with Gasteiger partial charge in [0.15, 0.2) is 0 Å². The van der Waals surface area contributed by atoms with Crippen LogP contribution >= 0.6 is 0 Å². The van der Waals surface area contributed by atoms with E-state index in [9.17, 15) is 4.79 Å². The fourth-order valence-corrected chi connectivity index (χ4v) is 2.59. The van der Waals surface area contributed by atoms with Crippen molar-refractivity contribution in [2.45, 2.75) is 44.6 Å². The van der Waals surface area contributed by atoms with E-state index in [0.29, 0.717) is 12.5 Å². The molecule has 4 heteroatoms. The molecule has 4 nitrogen and oxygen atoms in total. The van der Waals surface area contributed by atoms with Gasteiger partial charge in [0.1, 0.15) is 5.75 Å². The van der Waals surface area contributed by atoms with E-state index in [1.807, 2.05) is 24.3 Å². The first-order chi connectivity index (χ1) is 9.78. The third-order valence-electron chi connectivity index (χ3n) is 3.76. The predicted molar refractivity (Wildman–Crippen MR) is 81.1 cm³/mol. The highest BCUT2D eigenvalue weighted by Gasteiger charge is 2.12. The van der Waals surface area contributed by atoms with Crippen molar-refractivity contribution in [1.82, 2.24) is 5.32 Å².